The first-order chi connectivity index (χ1) is 8.04. The molecule has 0 saturated carbocycles. The van der Waals surface area contributed by atoms with Gasteiger partial charge in [0, 0.05) is 23.5 Å². The lowest BCUT2D eigenvalue weighted by Crippen LogP contribution is -2.10. The summed E-state index contributed by atoms with van der Waals surface area (Å²) in [5, 5.41) is 4.53. The summed E-state index contributed by atoms with van der Waals surface area (Å²) >= 11 is 0. The van der Waals surface area contributed by atoms with E-state index < -0.39 is 0 Å². The minimum absolute atomic E-state index is 0.472. The van der Waals surface area contributed by atoms with E-state index in [-0.39, 0.29) is 0 Å². The van der Waals surface area contributed by atoms with Gasteiger partial charge in [-0.15, -0.1) is 0 Å². The molecular weight excluding hydrogens is 212 g/mol. The zero-order chi connectivity index (χ0) is 12.6. The maximum absolute atomic E-state index is 5.75. The molecule has 90 valence electrons. The van der Waals surface area contributed by atoms with Crippen LogP contribution in [-0.2, 0) is 6.54 Å². The van der Waals surface area contributed by atoms with Gasteiger partial charge < -0.3 is 5.73 Å². The average molecular weight is 230 g/mol. The Hall–Kier alpha value is -1.68. The third kappa shape index (κ3) is 1.96. The molecule has 0 fully saturated rings. The van der Waals surface area contributed by atoms with Gasteiger partial charge in [0.1, 0.15) is 0 Å². The lowest BCUT2D eigenvalue weighted by molar-refractivity contribution is 0.783. The molecule has 4 nitrogen and oxygen atoms in total. The van der Waals surface area contributed by atoms with Gasteiger partial charge in [0.25, 0.3) is 0 Å². The van der Waals surface area contributed by atoms with Crippen molar-refractivity contribution in [1.82, 2.24) is 14.8 Å². The molecule has 2 heterocycles. The molecule has 0 bridgehead atoms. The highest BCUT2D eigenvalue weighted by Crippen LogP contribution is 2.18. The number of aromatic nitrogens is 3. The molecule has 0 unspecified atom stereocenters. The SMILES string of the molecule is Cc1ccc(CN)c(-n2nc(C)c(C)c2C)n1. The van der Waals surface area contributed by atoms with Crippen LogP contribution in [-0.4, -0.2) is 14.8 Å². The Balaban J connectivity index is 2.67. The molecule has 0 aliphatic carbocycles. The van der Waals surface area contributed by atoms with Crippen LogP contribution in [0, 0.1) is 27.7 Å². The van der Waals surface area contributed by atoms with Gasteiger partial charge in [0.2, 0.25) is 0 Å². The molecule has 0 radical (unpaired) electrons. The van der Waals surface area contributed by atoms with E-state index in [4.69, 9.17) is 5.73 Å². The second-order valence-electron chi connectivity index (χ2n) is 4.35. The summed E-state index contributed by atoms with van der Waals surface area (Å²) in [4.78, 5) is 4.55. The topological polar surface area (TPSA) is 56.7 Å². The van der Waals surface area contributed by atoms with Crippen LogP contribution in [0.15, 0.2) is 12.1 Å². The lowest BCUT2D eigenvalue weighted by atomic mass is 10.2. The van der Waals surface area contributed by atoms with Crippen LogP contribution < -0.4 is 5.73 Å². The van der Waals surface area contributed by atoms with E-state index >= 15 is 0 Å². The summed E-state index contributed by atoms with van der Waals surface area (Å²) < 4.78 is 1.89. The monoisotopic (exact) mass is 230 g/mol. The molecule has 17 heavy (non-hydrogen) atoms. The maximum Gasteiger partial charge on any atom is 0.158 e. The minimum Gasteiger partial charge on any atom is -0.326 e. The van der Waals surface area contributed by atoms with Crippen LogP contribution in [0.1, 0.15) is 28.2 Å². The molecule has 0 aromatic carbocycles. The van der Waals surface area contributed by atoms with Crippen LogP contribution in [0.25, 0.3) is 5.82 Å². The van der Waals surface area contributed by atoms with Gasteiger partial charge in [0.15, 0.2) is 5.82 Å². The predicted molar refractivity (Wildman–Crippen MR) is 68.2 cm³/mol. The molecule has 0 aliphatic heterocycles. The number of nitrogens with two attached hydrogens (primary N) is 1. The largest absolute Gasteiger partial charge is 0.326 e. The van der Waals surface area contributed by atoms with E-state index in [1.807, 2.05) is 30.7 Å². The fourth-order valence-corrected chi connectivity index (χ4v) is 1.84. The smallest absolute Gasteiger partial charge is 0.158 e. The zero-order valence-electron chi connectivity index (χ0n) is 10.8. The summed E-state index contributed by atoms with van der Waals surface area (Å²) in [6.07, 6.45) is 0. The predicted octanol–water partition coefficient (Wildman–Crippen LogP) is 1.96. The maximum atomic E-state index is 5.75. The number of aryl methyl sites for hydroxylation is 2. The van der Waals surface area contributed by atoms with E-state index in [0.717, 1.165) is 28.5 Å². The molecule has 2 rings (SSSR count). The van der Waals surface area contributed by atoms with Crippen molar-refractivity contribution in [2.75, 3.05) is 0 Å². The number of pyridine rings is 1. The molecule has 2 aromatic rings. The van der Waals surface area contributed by atoms with Crippen molar-refractivity contribution in [2.45, 2.75) is 34.2 Å². The van der Waals surface area contributed by atoms with Gasteiger partial charge in [-0.05, 0) is 39.3 Å². The highest BCUT2D eigenvalue weighted by molar-refractivity contribution is 5.38. The normalized spacial score (nSPS) is 10.9. The van der Waals surface area contributed by atoms with Gasteiger partial charge in [0.05, 0.1) is 5.69 Å². The Morgan fingerprint density at radius 3 is 2.41 bits per heavy atom. The Morgan fingerprint density at radius 1 is 1.18 bits per heavy atom. The fraction of sp³-hybridized carbons (Fsp3) is 0.385. The Labute approximate surface area is 101 Å². The quantitative estimate of drug-likeness (QED) is 0.858. The third-order valence-electron chi connectivity index (χ3n) is 3.17. The summed E-state index contributed by atoms with van der Waals surface area (Å²) in [6.45, 7) is 8.59. The number of rotatable bonds is 2. The van der Waals surface area contributed by atoms with E-state index in [2.05, 4.69) is 23.9 Å². The van der Waals surface area contributed by atoms with Gasteiger partial charge >= 0.3 is 0 Å². The van der Waals surface area contributed by atoms with Crippen LogP contribution >= 0.6 is 0 Å². The van der Waals surface area contributed by atoms with Crippen molar-refractivity contribution in [3.05, 3.63) is 40.3 Å². The second kappa shape index (κ2) is 4.30. The van der Waals surface area contributed by atoms with Crippen LogP contribution in [0.5, 0.6) is 0 Å². The molecule has 0 atom stereocenters. The van der Waals surface area contributed by atoms with Crippen molar-refractivity contribution in [1.29, 1.82) is 0 Å². The molecule has 0 spiro atoms. The highest BCUT2D eigenvalue weighted by Gasteiger charge is 2.13. The van der Waals surface area contributed by atoms with Crippen molar-refractivity contribution in [3.8, 4) is 5.82 Å². The first-order valence-corrected chi connectivity index (χ1v) is 5.74. The van der Waals surface area contributed by atoms with Crippen molar-refractivity contribution in [3.63, 3.8) is 0 Å². The number of hydrogen-bond acceptors (Lipinski definition) is 3. The van der Waals surface area contributed by atoms with Crippen LogP contribution in [0.2, 0.25) is 0 Å². The number of hydrogen-bond donors (Lipinski definition) is 1. The fourth-order valence-electron chi connectivity index (χ4n) is 1.84. The minimum atomic E-state index is 0.472. The van der Waals surface area contributed by atoms with E-state index in [0.29, 0.717) is 6.54 Å². The average Bonchev–Trinajstić information content (AvgIpc) is 2.57. The Kier molecular flexibility index (Phi) is 2.98. The van der Waals surface area contributed by atoms with Crippen LogP contribution in [0.4, 0.5) is 0 Å². The van der Waals surface area contributed by atoms with Crippen molar-refractivity contribution >= 4 is 0 Å². The van der Waals surface area contributed by atoms with Gasteiger partial charge in [-0.3, -0.25) is 0 Å². The number of nitrogens with zero attached hydrogens (tertiary/aromatic N) is 3. The van der Waals surface area contributed by atoms with E-state index in [1.54, 1.807) is 0 Å². The van der Waals surface area contributed by atoms with Crippen LogP contribution in [0.3, 0.4) is 0 Å². The summed E-state index contributed by atoms with van der Waals surface area (Å²) in [6, 6.07) is 3.99. The highest BCUT2D eigenvalue weighted by atomic mass is 15.3. The molecule has 4 heteroatoms. The zero-order valence-corrected chi connectivity index (χ0v) is 10.8. The summed E-state index contributed by atoms with van der Waals surface area (Å²) in [5.74, 6) is 0.848. The first kappa shape index (κ1) is 11.8. The first-order valence-electron chi connectivity index (χ1n) is 5.74. The van der Waals surface area contributed by atoms with Crippen molar-refractivity contribution in [2.24, 2.45) is 5.73 Å². The standard InChI is InChI=1S/C13H18N4/c1-8-5-6-12(7-14)13(15-8)17-11(4)9(2)10(3)16-17/h5-6H,7,14H2,1-4H3. The third-order valence-corrected chi connectivity index (χ3v) is 3.17. The van der Waals surface area contributed by atoms with E-state index in [9.17, 15) is 0 Å². The summed E-state index contributed by atoms with van der Waals surface area (Å²) in [5.41, 5.74) is 11.1. The Bertz CT molecular complexity index is 555. The van der Waals surface area contributed by atoms with Gasteiger partial charge in [-0.1, -0.05) is 6.07 Å². The van der Waals surface area contributed by atoms with Gasteiger partial charge in [-0.25, -0.2) is 9.67 Å². The molecule has 0 amide bonds. The second-order valence-corrected chi connectivity index (χ2v) is 4.35. The van der Waals surface area contributed by atoms with E-state index in [1.165, 1.54) is 5.56 Å². The molecular formula is C13H18N4. The Morgan fingerprint density at radius 2 is 1.88 bits per heavy atom. The van der Waals surface area contributed by atoms with Crippen molar-refractivity contribution < 1.29 is 0 Å². The van der Waals surface area contributed by atoms with Gasteiger partial charge in [-0.2, -0.15) is 5.10 Å². The molecule has 2 N–H and O–H groups in total. The lowest BCUT2D eigenvalue weighted by Gasteiger charge is -2.09. The molecule has 0 saturated heterocycles. The summed E-state index contributed by atoms with van der Waals surface area (Å²) in [7, 11) is 0. The molecule has 0 aliphatic rings. The molecule has 2 aromatic heterocycles.